The molecule has 1 rings (SSSR count). The van der Waals surface area contributed by atoms with Crippen LogP contribution >= 0.6 is 39.1 Å². The number of hydrogen-bond donors (Lipinski definition) is 0. The molecular formula is C10H11BrCl2O2S. The van der Waals surface area contributed by atoms with Crippen LogP contribution in [0, 0.1) is 0 Å². The van der Waals surface area contributed by atoms with Crippen LogP contribution in [0.5, 0.6) is 0 Å². The molecule has 90 valence electrons. The second-order valence-electron chi connectivity index (χ2n) is 3.60. The van der Waals surface area contributed by atoms with E-state index in [2.05, 4.69) is 15.9 Å². The minimum Gasteiger partial charge on any atom is -0.229 e. The molecule has 1 aromatic rings. The molecule has 0 bridgehead atoms. The molecule has 0 amide bonds. The molecular weight excluding hydrogens is 335 g/mol. The third-order valence-corrected chi connectivity index (χ3v) is 6.17. The zero-order valence-corrected chi connectivity index (χ0v) is 12.7. The summed E-state index contributed by atoms with van der Waals surface area (Å²) in [5, 5.41) is 0.441. The summed E-state index contributed by atoms with van der Waals surface area (Å²) in [7, 11) is -3.12. The van der Waals surface area contributed by atoms with Crippen LogP contribution in [-0.2, 0) is 9.84 Å². The van der Waals surface area contributed by atoms with Gasteiger partial charge in [-0.25, -0.2) is 8.42 Å². The van der Waals surface area contributed by atoms with Gasteiger partial charge in [0, 0.05) is 16.3 Å². The Morgan fingerprint density at radius 2 is 1.88 bits per heavy atom. The molecule has 0 aromatic heterocycles. The highest BCUT2D eigenvalue weighted by molar-refractivity contribution is 9.09. The van der Waals surface area contributed by atoms with Gasteiger partial charge in [-0.1, -0.05) is 45.2 Å². The van der Waals surface area contributed by atoms with E-state index in [4.69, 9.17) is 23.2 Å². The minimum absolute atomic E-state index is 0.340. The highest BCUT2D eigenvalue weighted by Gasteiger charge is 2.26. The molecule has 0 aliphatic carbocycles. The fraction of sp³-hybridized carbons (Fsp3) is 0.400. The van der Waals surface area contributed by atoms with E-state index in [0.29, 0.717) is 10.0 Å². The largest absolute Gasteiger partial charge is 0.229 e. The normalized spacial score (nSPS) is 15.8. The summed E-state index contributed by atoms with van der Waals surface area (Å²) in [6.45, 7) is 1.64. The Bertz CT molecular complexity index is 488. The van der Waals surface area contributed by atoms with Crippen LogP contribution in [0.4, 0.5) is 0 Å². The number of benzene rings is 1. The van der Waals surface area contributed by atoms with Gasteiger partial charge in [-0.3, -0.25) is 0 Å². The average molecular weight is 346 g/mol. The van der Waals surface area contributed by atoms with Crippen molar-refractivity contribution in [1.29, 1.82) is 0 Å². The standard InChI is InChI=1S/C10H11BrCl2O2S/c1-6(16(2,14)15)10(11)8-4-3-7(12)5-9(8)13/h3-6,10H,1-2H3. The van der Waals surface area contributed by atoms with Crippen molar-refractivity contribution in [2.75, 3.05) is 6.26 Å². The molecule has 0 saturated heterocycles. The van der Waals surface area contributed by atoms with E-state index < -0.39 is 15.1 Å². The van der Waals surface area contributed by atoms with Crippen LogP contribution in [0.1, 0.15) is 17.3 Å². The van der Waals surface area contributed by atoms with E-state index in [-0.39, 0.29) is 4.83 Å². The maximum Gasteiger partial charge on any atom is 0.151 e. The summed E-state index contributed by atoms with van der Waals surface area (Å²) in [6.07, 6.45) is 1.20. The van der Waals surface area contributed by atoms with Crippen molar-refractivity contribution in [3.63, 3.8) is 0 Å². The maximum absolute atomic E-state index is 11.4. The van der Waals surface area contributed by atoms with Gasteiger partial charge in [-0.05, 0) is 24.6 Å². The quantitative estimate of drug-likeness (QED) is 0.779. The van der Waals surface area contributed by atoms with Crippen LogP contribution < -0.4 is 0 Å². The summed E-state index contributed by atoms with van der Waals surface area (Å²) in [6, 6.07) is 5.01. The second-order valence-corrected chi connectivity index (χ2v) is 7.84. The molecule has 2 nitrogen and oxygen atoms in total. The summed E-state index contributed by atoms with van der Waals surface area (Å²) in [5.74, 6) is 0. The smallest absolute Gasteiger partial charge is 0.151 e. The maximum atomic E-state index is 11.4. The zero-order valence-electron chi connectivity index (χ0n) is 8.75. The number of alkyl halides is 1. The molecule has 0 fully saturated rings. The van der Waals surface area contributed by atoms with E-state index in [0.717, 1.165) is 5.56 Å². The van der Waals surface area contributed by atoms with Gasteiger partial charge in [0.1, 0.15) is 0 Å². The SMILES string of the molecule is CC(C(Br)c1ccc(Cl)cc1Cl)S(C)(=O)=O. The third-order valence-electron chi connectivity index (χ3n) is 2.35. The molecule has 6 heteroatoms. The molecule has 0 spiro atoms. The lowest BCUT2D eigenvalue weighted by Crippen LogP contribution is -2.21. The van der Waals surface area contributed by atoms with Gasteiger partial charge in [0.15, 0.2) is 9.84 Å². The summed E-state index contributed by atoms with van der Waals surface area (Å²) < 4.78 is 22.9. The van der Waals surface area contributed by atoms with Crippen molar-refractivity contribution in [3.05, 3.63) is 33.8 Å². The van der Waals surface area contributed by atoms with Gasteiger partial charge >= 0.3 is 0 Å². The lowest BCUT2D eigenvalue weighted by molar-refractivity contribution is 0.588. The van der Waals surface area contributed by atoms with Crippen molar-refractivity contribution in [2.45, 2.75) is 17.0 Å². The van der Waals surface area contributed by atoms with Gasteiger partial charge in [0.25, 0.3) is 0 Å². The Kier molecular flexibility index (Phi) is 4.69. The minimum atomic E-state index is -3.12. The van der Waals surface area contributed by atoms with E-state index in [9.17, 15) is 8.42 Å². The summed E-state index contributed by atoms with van der Waals surface area (Å²) >= 11 is 15.1. The van der Waals surface area contributed by atoms with Crippen LogP contribution in [0.2, 0.25) is 10.0 Å². The first-order valence-corrected chi connectivity index (χ1v) is 8.14. The first-order valence-electron chi connectivity index (χ1n) is 4.51. The Hall–Kier alpha value is 0.230. The zero-order chi connectivity index (χ0) is 12.5. The fourth-order valence-corrected chi connectivity index (χ4v) is 4.01. The third kappa shape index (κ3) is 3.36. The topological polar surface area (TPSA) is 34.1 Å². The van der Waals surface area contributed by atoms with Gasteiger partial charge in [-0.2, -0.15) is 0 Å². The number of hydrogen-bond acceptors (Lipinski definition) is 2. The molecule has 0 heterocycles. The molecule has 0 radical (unpaired) electrons. The van der Waals surface area contributed by atoms with E-state index in [1.807, 2.05) is 0 Å². The fourth-order valence-electron chi connectivity index (χ4n) is 1.20. The molecule has 0 saturated carbocycles. The van der Waals surface area contributed by atoms with Crippen LogP contribution in [-0.4, -0.2) is 19.9 Å². The number of sulfone groups is 1. The predicted octanol–water partition coefficient (Wildman–Crippen LogP) is 3.86. The molecule has 2 unspecified atom stereocenters. The first kappa shape index (κ1) is 14.3. The molecule has 0 N–H and O–H groups in total. The van der Waals surface area contributed by atoms with E-state index >= 15 is 0 Å². The molecule has 0 aliphatic heterocycles. The molecule has 2 atom stereocenters. The number of halogens is 3. The van der Waals surface area contributed by atoms with Crippen molar-refractivity contribution in [2.24, 2.45) is 0 Å². The van der Waals surface area contributed by atoms with Crippen LogP contribution in [0.25, 0.3) is 0 Å². The summed E-state index contributed by atoms with van der Waals surface area (Å²) in [5.41, 5.74) is 0.726. The van der Waals surface area contributed by atoms with Crippen molar-refractivity contribution >= 4 is 49.0 Å². The van der Waals surface area contributed by atoms with Gasteiger partial charge in [0.05, 0.1) is 10.1 Å². The van der Waals surface area contributed by atoms with Crippen molar-refractivity contribution in [1.82, 2.24) is 0 Å². The predicted molar refractivity (Wildman–Crippen MR) is 72.4 cm³/mol. The van der Waals surface area contributed by atoms with Gasteiger partial charge in [-0.15, -0.1) is 0 Å². The Balaban J connectivity index is 3.10. The van der Waals surface area contributed by atoms with Crippen molar-refractivity contribution in [3.8, 4) is 0 Å². The monoisotopic (exact) mass is 344 g/mol. The highest BCUT2D eigenvalue weighted by Crippen LogP contribution is 2.35. The molecule has 0 aliphatic rings. The Labute approximate surface area is 114 Å². The molecule has 1 aromatic carbocycles. The second kappa shape index (κ2) is 5.25. The van der Waals surface area contributed by atoms with Crippen molar-refractivity contribution < 1.29 is 8.42 Å². The Morgan fingerprint density at radius 1 is 1.31 bits per heavy atom. The lowest BCUT2D eigenvalue weighted by Gasteiger charge is -2.18. The van der Waals surface area contributed by atoms with E-state index in [1.165, 1.54) is 6.26 Å². The first-order chi connectivity index (χ1) is 7.23. The van der Waals surface area contributed by atoms with E-state index in [1.54, 1.807) is 25.1 Å². The van der Waals surface area contributed by atoms with Gasteiger partial charge in [0.2, 0.25) is 0 Å². The summed E-state index contributed by atoms with van der Waals surface area (Å²) in [4.78, 5) is -0.340. The van der Waals surface area contributed by atoms with Crippen LogP contribution in [0.3, 0.4) is 0 Å². The van der Waals surface area contributed by atoms with Crippen LogP contribution in [0.15, 0.2) is 18.2 Å². The Morgan fingerprint density at radius 3 is 2.31 bits per heavy atom. The lowest BCUT2D eigenvalue weighted by atomic mass is 10.1. The molecule has 16 heavy (non-hydrogen) atoms. The highest BCUT2D eigenvalue weighted by atomic mass is 79.9. The average Bonchev–Trinajstić information content (AvgIpc) is 2.14. The van der Waals surface area contributed by atoms with Gasteiger partial charge < -0.3 is 0 Å². The number of rotatable bonds is 3.